The summed E-state index contributed by atoms with van der Waals surface area (Å²) in [5.41, 5.74) is -0.426. The molecular weight excluding hydrogens is 772 g/mol. The van der Waals surface area contributed by atoms with E-state index < -0.39 is 62.7 Å². The Morgan fingerprint density at radius 3 is 1.12 bits per heavy atom. The van der Waals surface area contributed by atoms with E-state index in [0.717, 1.165) is 54.6 Å². The molecule has 258 valence electrons. The van der Waals surface area contributed by atoms with E-state index in [2.05, 4.69) is 14.2 Å². The minimum absolute atomic E-state index is 0. The van der Waals surface area contributed by atoms with Gasteiger partial charge in [0, 0.05) is 22.4 Å². The molecular formula is C31H26N3Na3O12S3. The molecule has 6 N–H and O–H groups in total. The first-order valence-corrected chi connectivity index (χ1v) is 18.1. The summed E-state index contributed by atoms with van der Waals surface area (Å²) in [5.74, 6) is -3.72. The van der Waals surface area contributed by atoms with E-state index in [1.165, 1.54) is 48.5 Å². The summed E-state index contributed by atoms with van der Waals surface area (Å²) in [6.45, 7) is 0. The van der Waals surface area contributed by atoms with Crippen LogP contribution in [0.1, 0.15) is 31.1 Å². The Bertz CT molecular complexity index is 2480. The molecule has 0 unspecified atom stereocenters. The van der Waals surface area contributed by atoms with E-state index in [0.29, 0.717) is 0 Å². The van der Waals surface area contributed by atoms with Gasteiger partial charge in [-0.3, -0.25) is 14.2 Å². The van der Waals surface area contributed by atoms with Crippen LogP contribution in [0.5, 0.6) is 0 Å². The maximum absolute atomic E-state index is 13.7. The monoisotopic (exact) mass is 797 g/mol. The molecule has 15 nitrogen and oxygen atoms in total. The number of carbonyl (C=O) groups is 3. The van der Waals surface area contributed by atoms with Gasteiger partial charge in [-0.15, -0.1) is 0 Å². The molecule has 0 heterocycles. The third kappa shape index (κ3) is 10.6. The molecule has 0 aliphatic heterocycles. The first-order chi connectivity index (χ1) is 22.9. The van der Waals surface area contributed by atoms with Gasteiger partial charge in [-0.2, -0.15) is 0 Å². The van der Waals surface area contributed by atoms with Crippen LogP contribution in [0.3, 0.4) is 0 Å². The summed E-state index contributed by atoms with van der Waals surface area (Å²) in [7, 11) is -13.6. The van der Waals surface area contributed by atoms with Gasteiger partial charge in [0.1, 0.15) is 0 Å². The standard InChI is InChI=1S/C31H23N3O12S3.3Na.3H/c35-29(36)18-1-7-22(8-2-18)32-47(41,42)25-13-14-27-21(15-25)16-26(48(43,44)33-23-9-3-19(4-10-23)30(37)38)17-28(27)49(45,46)34-24-11-5-20(6-12-24)31(39)40;;;;;;/h1-17,32-34H,(H,35,36)(H,37,38)(H,39,40);;;;;;. The molecule has 0 spiro atoms. The average molecular weight is 798 g/mol. The normalized spacial score (nSPS) is 11.2. The number of carboxylic acid groups (broad SMARTS) is 3. The zero-order chi connectivity index (χ0) is 35.7. The van der Waals surface area contributed by atoms with Crippen molar-refractivity contribution in [1.29, 1.82) is 0 Å². The van der Waals surface area contributed by atoms with Crippen LogP contribution in [0.25, 0.3) is 10.8 Å². The Labute approximate surface area is 363 Å². The first-order valence-electron chi connectivity index (χ1n) is 13.6. The molecule has 21 heteroatoms. The molecule has 0 aromatic heterocycles. The average Bonchev–Trinajstić information content (AvgIpc) is 3.04. The second kappa shape index (κ2) is 17.9. The Kier molecular flexibility index (Phi) is 15.5. The van der Waals surface area contributed by atoms with Gasteiger partial charge in [-0.25, -0.2) is 39.6 Å². The molecule has 0 radical (unpaired) electrons. The zero-order valence-corrected chi connectivity index (χ0v) is 27.0. The fourth-order valence-corrected chi connectivity index (χ4v) is 8.11. The summed E-state index contributed by atoms with van der Waals surface area (Å²) >= 11 is 0. The maximum atomic E-state index is 13.7. The van der Waals surface area contributed by atoms with Crippen LogP contribution in [-0.4, -0.2) is 147 Å². The Morgan fingerprint density at radius 1 is 0.423 bits per heavy atom. The minimum atomic E-state index is -4.62. The van der Waals surface area contributed by atoms with E-state index >= 15 is 0 Å². The van der Waals surface area contributed by atoms with E-state index in [-0.39, 0.29) is 133 Å². The van der Waals surface area contributed by atoms with E-state index in [1.54, 1.807) is 0 Å². The molecule has 0 aliphatic carbocycles. The molecule has 52 heavy (non-hydrogen) atoms. The third-order valence-electron chi connectivity index (χ3n) is 6.92. The van der Waals surface area contributed by atoms with Gasteiger partial charge < -0.3 is 15.3 Å². The van der Waals surface area contributed by atoms with Gasteiger partial charge in [0.05, 0.1) is 31.4 Å². The summed E-state index contributed by atoms with van der Waals surface area (Å²) < 4.78 is 87.8. The molecule has 0 saturated carbocycles. The van der Waals surface area contributed by atoms with Crippen molar-refractivity contribution in [1.82, 2.24) is 0 Å². The molecule has 0 amide bonds. The van der Waals surface area contributed by atoms with E-state index in [1.807, 2.05) is 0 Å². The summed E-state index contributed by atoms with van der Waals surface area (Å²) in [4.78, 5) is 32.0. The van der Waals surface area contributed by atoms with Gasteiger partial charge in [0.2, 0.25) is 0 Å². The number of fused-ring (bicyclic) bond motifs is 1. The fraction of sp³-hybridized carbons (Fsp3) is 0. The first kappa shape index (κ1) is 45.2. The Morgan fingerprint density at radius 2 is 0.750 bits per heavy atom. The van der Waals surface area contributed by atoms with Gasteiger partial charge in [-0.05, 0) is 102 Å². The summed E-state index contributed by atoms with van der Waals surface area (Å²) in [6, 6.07) is 19.3. The number of benzene rings is 5. The van der Waals surface area contributed by atoms with Gasteiger partial charge in [0.25, 0.3) is 30.1 Å². The van der Waals surface area contributed by atoms with E-state index in [4.69, 9.17) is 15.3 Å². The molecule has 5 aromatic rings. The molecule has 5 aromatic carbocycles. The Balaban J connectivity index is 0.00000312. The number of nitrogens with one attached hydrogen (secondary N) is 3. The predicted molar refractivity (Wildman–Crippen MR) is 198 cm³/mol. The number of sulfonamides is 3. The topological polar surface area (TPSA) is 250 Å². The second-order valence-corrected chi connectivity index (χ2v) is 15.3. The molecule has 0 fully saturated rings. The molecule has 0 saturated heterocycles. The quantitative estimate of drug-likeness (QED) is 0.0997. The molecule has 0 atom stereocenters. The van der Waals surface area contributed by atoms with Crippen molar-refractivity contribution < 1.29 is 55.0 Å². The van der Waals surface area contributed by atoms with Gasteiger partial charge in [0.15, 0.2) is 0 Å². The SMILES string of the molecule is O=C(O)c1ccc(NS(=O)(=O)c2ccc3c(S(=O)(=O)Nc4ccc(C(=O)O)cc4)cc(S(=O)(=O)Nc4ccc(C(=O)O)cc4)cc3c2)cc1.[NaH].[NaH].[NaH]. The third-order valence-corrected chi connectivity index (χ3v) is 11.1. The number of anilines is 3. The van der Waals surface area contributed by atoms with Crippen molar-refractivity contribution in [2.75, 3.05) is 14.2 Å². The van der Waals surface area contributed by atoms with Crippen molar-refractivity contribution >= 4 is 164 Å². The number of rotatable bonds is 12. The molecule has 5 rings (SSSR count). The zero-order valence-electron chi connectivity index (χ0n) is 24.6. The summed E-state index contributed by atoms with van der Waals surface area (Å²) in [6.07, 6.45) is 0. The van der Waals surface area contributed by atoms with Crippen LogP contribution < -0.4 is 14.2 Å². The number of carboxylic acids is 3. The van der Waals surface area contributed by atoms with Gasteiger partial charge in [-0.1, -0.05) is 6.07 Å². The van der Waals surface area contributed by atoms with Crippen LogP contribution in [-0.2, 0) is 30.1 Å². The van der Waals surface area contributed by atoms with Crippen LogP contribution >= 0.6 is 0 Å². The molecule has 0 aliphatic rings. The number of aromatic carboxylic acids is 3. The van der Waals surface area contributed by atoms with Crippen molar-refractivity contribution in [3.05, 3.63) is 120 Å². The predicted octanol–water partition coefficient (Wildman–Crippen LogP) is 2.39. The fourth-order valence-electron chi connectivity index (χ4n) is 4.51. The van der Waals surface area contributed by atoms with Crippen LogP contribution in [0.4, 0.5) is 17.1 Å². The number of hydrogen-bond donors (Lipinski definition) is 6. The summed E-state index contributed by atoms with van der Waals surface area (Å²) in [5, 5.41) is 27.2. The van der Waals surface area contributed by atoms with Crippen molar-refractivity contribution in [3.8, 4) is 0 Å². The second-order valence-electron chi connectivity index (χ2n) is 10.3. The molecule has 0 bridgehead atoms. The van der Waals surface area contributed by atoms with Crippen molar-refractivity contribution in [3.63, 3.8) is 0 Å². The van der Waals surface area contributed by atoms with Crippen molar-refractivity contribution in [2.24, 2.45) is 0 Å². The van der Waals surface area contributed by atoms with Crippen molar-refractivity contribution in [2.45, 2.75) is 14.7 Å². The van der Waals surface area contributed by atoms with Crippen LogP contribution in [0.2, 0.25) is 0 Å². The Hall–Kier alpha value is -2.98. The van der Waals surface area contributed by atoms with Gasteiger partial charge >= 0.3 is 107 Å². The number of hydrogen-bond acceptors (Lipinski definition) is 9. The van der Waals surface area contributed by atoms with Crippen LogP contribution in [0.15, 0.2) is 118 Å². The van der Waals surface area contributed by atoms with E-state index in [9.17, 15) is 39.6 Å². The van der Waals surface area contributed by atoms with Crippen LogP contribution in [0, 0.1) is 0 Å².